The van der Waals surface area contributed by atoms with Crippen molar-refractivity contribution in [3.05, 3.63) is 285 Å². The quantitative estimate of drug-likeness (QED) is 0.141. The van der Waals surface area contributed by atoms with Crippen LogP contribution in [0.15, 0.2) is 285 Å². The molecule has 0 saturated heterocycles. The number of anilines is 6. The molecule has 1 aliphatic heterocycles. The van der Waals surface area contributed by atoms with Crippen molar-refractivity contribution >= 4 is 148 Å². The summed E-state index contributed by atoms with van der Waals surface area (Å²) in [6, 6.07) is 107. The summed E-state index contributed by atoms with van der Waals surface area (Å²) in [6.07, 6.45) is 0. The molecule has 0 saturated carbocycles. The summed E-state index contributed by atoms with van der Waals surface area (Å²) in [5.41, 5.74) is 12.6. The van der Waals surface area contributed by atoms with E-state index in [-0.39, 0.29) is 0 Å². The highest BCUT2D eigenvalue weighted by atomic mass is 32.1. The number of aromatic nitrogens is 1. The molecule has 0 amide bonds. The maximum Gasteiger partial charge on any atom is 0.184 e. The van der Waals surface area contributed by atoms with Gasteiger partial charge in [0.05, 0.1) is 11.0 Å². The topological polar surface area (TPSA) is 11.4 Å². The molecule has 16 rings (SSSR count). The zero-order valence-electron chi connectivity index (χ0n) is 42.3. The van der Waals surface area contributed by atoms with Crippen LogP contribution in [-0.2, 0) is 0 Å². The summed E-state index contributed by atoms with van der Waals surface area (Å²) in [6.45, 7) is 0. The van der Waals surface area contributed by atoms with Crippen molar-refractivity contribution in [1.29, 1.82) is 0 Å². The first-order valence-corrected chi connectivity index (χ1v) is 30.3. The van der Waals surface area contributed by atoms with Gasteiger partial charge in [0.25, 0.3) is 0 Å². The van der Waals surface area contributed by atoms with E-state index in [0.717, 1.165) is 28.4 Å². The van der Waals surface area contributed by atoms with Gasteiger partial charge in [-0.05, 0) is 135 Å². The minimum atomic E-state index is -3.18. The molecule has 3 aromatic heterocycles. The SMILES string of the molecule is c1ccc(-c2ccc(N(c3ccc(-n4c5ccccc5c5ccccc54)cc3)c3ccc4c(c3)N(c3ccccc3)c3ccccc3[Si]4(c3ccc4c(c3)sc3ccccc34)c3ccc4c(c3)sc3ccccc34)cc2)cc1. The van der Waals surface area contributed by atoms with E-state index in [0.29, 0.717) is 0 Å². The van der Waals surface area contributed by atoms with Crippen LogP contribution in [0.3, 0.4) is 0 Å². The van der Waals surface area contributed by atoms with Gasteiger partial charge >= 0.3 is 0 Å². The Balaban J connectivity index is 0.956. The number of thiophene rings is 2. The summed E-state index contributed by atoms with van der Waals surface area (Å²) in [5.74, 6) is 0. The number of rotatable bonds is 8. The van der Waals surface area contributed by atoms with E-state index in [9.17, 15) is 0 Å². The van der Waals surface area contributed by atoms with Crippen molar-refractivity contribution in [2.75, 3.05) is 9.80 Å². The first-order chi connectivity index (χ1) is 38.7. The molecule has 0 unspecified atom stereocenters. The molecule has 3 nitrogen and oxygen atoms in total. The van der Waals surface area contributed by atoms with Gasteiger partial charge in [0.2, 0.25) is 0 Å². The number of hydrogen-bond donors (Lipinski definition) is 0. The Morgan fingerprint density at radius 2 is 0.756 bits per heavy atom. The van der Waals surface area contributed by atoms with Crippen LogP contribution < -0.4 is 30.5 Å². The Hall–Kier alpha value is -9.30. The standard InChI is InChI=1S/C72H47N3S2Si/c1-3-17-48(18-4-1)49-31-33-51(34-32-49)73(52-35-37-53(38-36-52)74-63-25-11-7-21-57(63)58-22-8-12-26-64(58)74)54-39-44-72-66(45-54)75(50-19-5-2-6-20-50)65-27-13-16-30-71(65)78(72,55-40-42-61-59-23-9-14-28-67(59)76-69(61)46-55)56-41-43-62-60-24-10-15-29-68(60)77-70(62)47-56/h1-47H. The fraction of sp³-hybridized carbons (Fsp3) is 0. The Morgan fingerprint density at radius 3 is 1.37 bits per heavy atom. The zero-order valence-corrected chi connectivity index (χ0v) is 44.9. The van der Waals surface area contributed by atoms with Crippen LogP contribution in [0.25, 0.3) is 79.0 Å². The van der Waals surface area contributed by atoms with Crippen molar-refractivity contribution in [2.45, 2.75) is 0 Å². The molecule has 0 atom stereocenters. The van der Waals surface area contributed by atoms with Gasteiger partial charge in [-0.25, -0.2) is 0 Å². The van der Waals surface area contributed by atoms with Crippen LogP contribution in [0.4, 0.5) is 34.1 Å². The lowest BCUT2D eigenvalue weighted by Crippen LogP contribution is -2.77. The molecule has 366 valence electrons. The molecule has 0 N–H and O–H groups in total. The second kappa shape index (κ2) is 17.9. The van der Waals surface area contributed by atoms with Gasteiger partial charge in [-0.15, -0.1) is 22.7 Å². The molecule has 15 aromatic rings. The number of fused-ring (bicyclic) bond motifs is 11. The smallest absolute Gasteiger partial charge is 0.184 e. The maximum atomic E-state index is 2.56. The molecule has 1 aliphatic rings. The number of hydrogen-bond acceptors (Lipinski definition) is 4. The van der Waals surface area contributed by atoms with Crippen LogP contribution in [0.5, 0.6) is 0 Å². The minimum Gasteiger partial charge on any atom is -0.311 e. The third-order valence-corrected chi connectivity index (χ3v) is 23.3. The van der Waals surface area contributed by atoms with Crippen molar-refractivity contribution < 1.29 is 0 Å². The van der Waals surface area contributed by atoms with Gasteiger partial charge in [0, 0.05) is 90.9 Å². The summed E-state index contributed by atoms with van der Waals surface area (Å²) < 4.78 is 7.67. The van der Waals surface area contributed by atoms with Crippen LogP contribution in [0, 0.1) is 0 Å². The molecule has 0 bridgehead atoms. The highest BCUT2D eigenvalue weighted by Gasteiger charge is 2.49. The molecule has 4 heterocycles. The summed E-state index contributed by atoms with van der Waals surface area (Å²) in [5, 5.41) is 13.3. The lowest BCUT2D eigenvalue weighted by Gasteiger charge is -2.45. The van der Waals surface area contributed by atoms with E-state index >= 15 is 0 Å². The molecule has 6 heteroatoms. The van der Waals surface area contributed by atoms with Gasteiger partial charge in [-0.3, -0.25) is 0 Å². The van der Waals surface area contributed by atoms with Crippen molar-refractivity contribution in [2.24, 2.45) is 0 Å². The second-order valence-electron chi connectivity index (χ2n) is 20.4. The van der Waals surface area contributed by atoms with Crippen LogP contribution in [-0.4, -0.2) is 12.6 Å². The van der Waals surface area contributed by atoms with E-state index in [4.69, 9.17) is 0 Å². The number of nitrogens with zero attached hydrogens (tertiary/aromatic N) is 3. The van der Waals surface area contributed by atoms with Crippen LogP contribution in [0.1, 0.15) is 0 Å². The van der Waals surface area contributed by atoms with Gasteiger partial charge < -0.3 is 14.4 Å². The second-order valence-corrected chi connectivity index (χ2v) is 26.3. The average molecular weight is 1050 g/mol. The van der Waals surface area contributed by atoms with E-state index in [1.54, 1.807) is 0 Å². The van der Waals surface area contributed by atoms with E-state index < -0.39 is 8.07 Å². The molecule has 0 spiro atoms. The summed E-state index contributed by atoms with van der Waals surface area (Å²) in [7, 11) is -3.18. The third-order valence-electron chi connectivity index (χ3n) is 16.3. The van der Waals surface area contributed by atoms with E-state index in [1.165, 1.54) is 105 Å². The minimum absolute atomic E-state index is 1.07. The fourth-order valence-corrected chi connectivity index (χ4v) is 20.4. The van der Waals surface area contributed by atoms with Crippen molar-refractivity contribution in [1.82, 2.24) is 4.57 Å². The monoisotopic (exact) mass is 1050 g/mol. The first-order valence-electron chi connectivity index (χ1n) is 26.6. The third kappa shape index (κ3) is 6.87. The van der Waals surface area contributed by atoms with Gasteiger partial charge in [-0.1, -0.05) is 182 Å². The van der Waals surface area contributed by atoms with Gasteiger partial charge in [-0.2, -0.15) is 0 Å². The molecule has 0 radical (unpaired) electrons. The van der Waals surface area contributed by atoms with Crippen LogP contribution >= 0.6 is 22.7 Å². The Morgan fingerprint density at radius 1 is 0.295 bits per heavy atom. The van der Waals surface area contributed by atoms with Crippen molar-refractivity contribution in [3.63, 3.8) is 0 Å². The largest absolute Gasteiger partial charge is 0.311 e. The molecule has 12 aromatic carbocycles. The van der Waals surface area contributed by atoms with Crippen molar-refractivity contribution in [3.8, 4) is 16.8 Å². The van der Waals surface area contributed by atoms with Crippen LogP contribution in [0.2, 0.25) is 0 Å². The lowest BCUT2D eigenvalue weighted by atomic mass is 10.0. The highest BCUT2D eigenvalue weighted by molar-refractivity contribution is 7.27. The average Bonchev–Trinajstić information content (AvgIpc) is 4.24. The van der Waals surface area contributed by atoms with E-state index in [1.807, 2.05) is 22.7 Å². The Labute approximate surface area is 461 Å². The zero-order chi connectivity index (χ0) is 51.3. The normalized spacial score (nSPS) is 12.9. The predicted octanol–water partition coefficient (Wildman–Crippen LogP) is 17.8. The molecule has 0 aliphatic carbocycles. The highest BCUT2D eigenvalue weighted by Crippen LogP contribution is 2.45. The Kier molecular flexibility index (Phi) is 10.3. The fourth-order valence-electron chi connectivity index (χ4n) is 12.8. The number of para-hydroxylation sites is 4. The molecule has 78 heavy (non-hydrogen) atoms. The predicted molar refractivity (Wildman–Crippen MR) is 339 cm³/mol. The first kappa shape index (κ1) is 44.9. The van der Waals surface area contributed by atoms with Gasteiger partial charge in [0.15, 0.2) is 8.07 Å². The Bertz CT molecular complexity index is 4640. The number of benzene rings is 12. The van der Waals surface area contributed by atoms with Gasteiger partial charge in [0.1, 0.15) is 0 Å². The summed E-state index contributed by atoms with van der Waals surface area (Å²) >= 11 is 3.81. The maximum absolute atomic E-state index is 3.18. The molecular weight excluding hydrogens is 999 g/mol. The summed E-state index contributed by atoms with van der Waals surface area (Å²) in [4.78, 5) is 4.99. The lowest BCUT2D eigenvalue weighted by molar-refractivity contribution is 1.17. The molecule has 0 fully saturated rings. The molecular formula is C72H47N3S2Si. The van der Waals surface area contributed by atoms with E-state index in [2.05, 4.69) is 299 Å².